The third-order valence-corrected chi connectivity index (χ3v) is 4.40. The van der Waals surface area contributed by atoms with E-state index in [-0.39, 0.29) is 5.75 Å². The van der Waals surface area contributed by atoms with Crippen LogP contribution in [0, 0.1) is 20.8 Å². The Labute approximate surface area is 113 Å². The molecular weight excluding hydrogens is 264 g/mol. The molecule has 0 spiro atoms. The summed E-state index contributed by atoms with van der Waals surface area (Å²) in [6.45, 7) is 5.65. The number of carbonyl (C=O) groups is 1. The fraction of sp³-hybridized carbons (Fsp3) is 0.357. The van der Waals surface area contributed by atoms with Gasteiger partial charge in [-0.3, -0.25) is 0 Å². The first kappa shape index (κ1) is 13.8. The highest BCUT2D eigenvalue weighted by atomic mass is 32.2. The van der Waals surface area contributed by atoms with E-state index in [1.165, 1.54) is 6.08 Å². The summed E-state index contributed by atoms with van der Waals surface area (Å²) in [7, 11) is -3.21. The lowest BCUT2D eigenvalue weighted by molar-refractivity contribution is 0.0431. The Morgan fingerprint density at radius 1 is 1.21 bits per heavy atom. The second kappa shape index (κ2) is 4.81. The molecule has 0 bridgehead atoms. The zero-order valence-corrected chi connectivity index (χ0v) is 12.0. The van der Waals surface area contributed by atoms with Gasteiger partial charge in [0.15, 0.2) is 9.84 Å². The number of hydrogen-bond donors (Lipinski definition) is 0. The lowest BCUT2D eigenvalue weighted by Gasteiger charge is -2.13. The van der Waals surface area contributed by atoms with Gasteiger partial charge in [0.1, 0.15) is 6.10 Å². The Hall–Kier alpha value is -1.62. The molecule has 0 aromatic heterocycles. The molecular formula is C14H16O4S. The van der Waals surface area contributed by atoms with Gasteiger partial charge in [0, 0.05) is 5.41 Å². The topological polar surface area (TPSA) is 60.4 Å². The van der Waals surface area contributed by atoms with Crippen LogP contribution >= 0.6 is 0 Å². The lowest BCUT2D eigenvalue weighted by Crippen LogP contribution is -2.21. The van der Waals surface area contributed by atoms with Gasteiger partial charge in [-0.2, -0.15) is 0 Å². The number of sulfone groups is 1. The van der Waals surface area contributed by atoms with E-state index in [9.17, 15) is 13.2 Å². The van der Waals surface area contributed by atoms with Gasteiger partial charge in [0.25, 0.3) is 0 Å². The second-order valence-corrected chi connectivity index (χ2v) is 6.81. The van der Waals surface area contributed by atoms with Crippen LogP contribution in [-0.4, -0.2) is 26.2 Å². The summed E-state index contributed by atoms with van der Waals surface area (Å²) in [6, 6.07) is 3.82. The van der Waals surface area contributed by atoms with Crippen LogP contribution in [0.15, 0.2) is 23.6 Å². The number of carbonyl (C=O) groups excluding carboxylic acids is 1. The summed E-state index contributed by atoms with van der Waals surface area (Å²) in [6.07, 6.45) is 0.726. The van der Waals surface area contributed by atoms with Gasteiger partial charge in [0.2, 0.25) is 0 Å². The van der Waals surface area contributed by atoms with Crippen LogP contribution in [0.3, 0.4) is 0 Å². The third kappa shape index (κ3) is 3.04. The molecule has 0 N–H and O–H groups in total. The number of benzene rings is 1. The zero-order valence-electron chi connectivity index (χ0n) is 11.1. The van der Waals surface area contributed by atoms with E-state index in [1.807, 2.05) is 32.9 Å². The lowest BCUT2D eigenvalue weighted by atomic mass is 10.00. The van der Waals surface area contributed by atoms with E-state index >= 15 is 0 Å². The average molecular weight is 280 g/mol. The van der Waals surface area contributed by atoms with E-state index in [0.29, 0.717) is 5.56 Å². The van der Waals surface area contributed by atoms with Crippen LogP contribution in [0.25, 0.3) is 0 Å². The predicted octanol–water partition coefficient (Wildman–Crippen LogP) is 2.08. The van der Waals surface area contributed by atoms with Crippen molar-refractivity contribution < 1.29 is 17.9 Å². The van der Waals surface area contributed by atoms with E-state index in [0.717, 1.165) is 22.1 Å². The molecule has 0 aliphatic carbocycles. The largest absolute Gasteiger partial charge is 0.453 e. The molecule has 1 heterocycles. The number of aryl methyl sites for hydroxylation is 3. The molecule has 0 amide bonds. The van der Waals surface area contributed by atoms with Crippen molar-refractivity contribution in [2.45, 2.75) is 26.9 Å². The van der Waals surface area contributed by atoms with Gasteiger partial charge in [0.05, 0.1) is 11.3 Å². The minimum absolute atomic E-state index is 0.164. The first-order valence-electron chi connectivity index (χ1n) is 5.98. The third-order valence-electron chi connectivity index (χ3n) is 3.04. The van der Waals surface area contributed by atoms with Crippen LogP contribution in [0.1, 0.15) is 27.0 Å². The molecule has 5 heteroatoms. The smallest absolute Gasteiger partial charge is 0.339 e. The Balaban J connectivity index is 2.20. The molecule has 0 fully saturated rings. The van der Waals surface area contributed by atoms with Crippen molar-refractivity contribution in [1.29, 1.82) is 0 Å². The fourth-order valence-corrected chi connectivity index (χ4v) is 3.48. The molecule has 19 heavy (non-hydrogen) atoms. The molecule has 1 aliphatic heterocycles. The van der Waals surface area contributed by atoms with Crippen LogP contribution in [0.5, 0.6) is 0 Å². The summed E-state index contributed by atoms with van der Waals surface area (Å²) >= 11 is 0. The summed E-state index contributed by atoms with van der Waals surface area (Å²) < 4.78 is 27.7. The molecule has 1 aromatic carbocycles. The van der Waals surface area contributed by atoms with Crippen LogP contribution in [0.4, 0.5) is 0 Å². The molecule has 0 unspecified atom stereocenters. The number of ether oxygens (including phenoxy) is 1. The van der Waals surface area contributed by atoms with Gasteiger partial charge < -0.3 is 4.74 Å². The number of hydrogen-bond acceptors (Lipinski definition) is 4. The van der Waals surface area contributed by atoms with Crippen molar-refractivity contribution in [2.24, 2.45) is 0 Å². The van der Waals surface area contributed by atoms with Crippen molar-refractivity contribution in [2.75, 3.05) is 5.75 Å². The average Bonchev–Trinajstić information content (AvgIpc) is 2.56. The SMILES string of the molecule is Cc1cc(C)c(C(=O)O[C@@H]2C=CS(=O)(=O)C2)c(C)c1. The molecule has 1 aromatic rings. The Morgan fingerprint density at radius 2 is 1.79 bits per heavy atom. The quantitative estimate of drug-likeness (QED) is 0.778. The first-order chi connectivity index (χ1) is 8.78. The molecule has 102 valence electrons. The maximum Gasteiger partial charge on any atom is 0.339 e. The number of esters is 1. The van der Waals surface area contributed by atoms with Gasteiger partial charge in [-0.1, -0.05) is 17.7 Å². The normalized spacial score (nSPS) is 20.5. The van der Waals surface area contributed by atoms with Crippen LogP contribution in [-0.2, 0) is 14.6 Å². The number of rotatable bonds is 2. The fourth-order valence-electron chi connectivity index (χ4n) is 2.32. The van der Waals surface area contributed by atoms with E-state index in [1.54, 1.807) is 0 Å². The highest BCUT2D eigenvalue weighted by Crippen LogP contribution is 2.20. The highest BCUT2D eigenvalue weighted by Gasteiger charge is 2.26. The molecule has 2 rings (SSSR count). The van der Waals surface area contributed by atoms with Gasteiger partial charge in [-0.15, -0.1) is 0 Å². The van der Waals surface area contributed by atoms with Crippen molar-refractivity contribution in [3.63, 3.8) is 0 Å². The van der Waals surface area contributed by atoms with Crippen molar-refractivity contribution >= 4 is 15.8 Å². The monoisotopic (exact) mass is 280 g/mol. The summed E-state index contributed by atoms with van der Waals surface area (Å²) in [5, 5.41) is 1.10. The highest BCUT2D eigenvalue weighted by molar-refractivity contribution is 7.94. The first-order valence-corrected chi connectivity index (χ1v) is 7.70. The summed E-state index contributed by atoms with van der Waals surface area (Å²) in [5.41, 5.74) is 3.28. The molecule has 1 atom stereocenters. The van der Waals surface area contributed by atoms with E-state index in [2.05, 4.69) is 0 Å². The van der Waals surface area contributed by atoms with Crippen molar-refractivity contribution in [1.82, 2.24) is 0 Å². The standard InChI is InChI=1S/C14H16O4S/c1-9-6-10(2)13(11(3)7-9)14(15)18-12-4-5-19(16,17)8-12/h4-7,12H,8H2,1-3H3/t12-/m1/s1. The predicted molar refractivity (Wildman–Crippen MR) is 72.8 cm³/mol. The molecule has 1 aliphatic rings. The molecule has 0 saturated carbocycles. The maximum absolute atomic E-state index is 12.1. The van der Waals surface area contributed by atoms with Gasteiger partial charge >= 0.3 is 5.97 Å². The maximum atomic E-state index is 12.1. The minimum Gasteiger partial charge on any atom is -0.453 e. The zero-order chi connectivity index (χ0) is 14.2. The Morgan fingerprint density at radius 3 is 2.26 bits per heavy atom. The van der Waals surface area contributed by atoms with Crippen LogP contribution in [0.2, 0.25) is 0 Å². The summed E-state index contributed by atoms with van der Waals surface area (Å²) in [5.74, 6) is -0.635. The Bertz CT molecular complexity index is 633. The van der Waals surface area contributed by atoms with Crippen molar-refractivity contribution in [3.8, 4) is 0 Å². The van der Waals surface area contributed by atoms with E-state index < -0.39 is 21.9 Å². The van der Waals surface area contributed by atoms with Gasteiger partial charge in [-0.05, 0) is 38.0 Å². The molecule has 0 radical (unpaired) electrons. The van der Waals surface area contributed by atoms with E-state index in [4.69, 9.17) is 4.74 Å². The van der Waals surface area contributed by atoms with Crippen LogP contribution < -0.4 is 0 Å². The van der Waals surface area contributed by atoms with Gasteiger partial charge in [-0.25, -0.2) is 13.2 Å². The minimum atomic E-state index is -3.21. The molecule has 4 nitrogen and oxygen atoms in total. The molecule has 0 saturated heterocycles. The summed E-state index contributed by atoms with van der Waals surface area (Å²) in [4.78, 5) is 12.1. The second-order valence-electron chi connectivity index (χ2n) is 4.88. The van der Waals surface area contributed by atoms with Crippen molar-refractivity contribution in [3.05, 3.63) is 45.9 Å². The Kier molecular flexibility index (Phi) is 3.49.